The predicted molar refractivity (Wildman–Crippen MR) is 234 cm³/mol. The fourth-order valence-electron chi connectivity index (χ4n) is 6.74. The Morgan fingerprint density at radius 2 is 1.08 bits per heavy atom. The SMILES string of the molecule is COC(=O)c1ccc(NC(=O)c2cc(C)cn2Cc2csc(N3CCOCC3)n2)cc1.Cc1cc(C(=O)Nc2ccc(C(=O)O)cc2)n(Cc2csc(N3CCOCC3)n2)c1. The molecular weight excluding hydrogens is 821 g/mol. The molecule has 0 saturated carbocycles. The van der Waals surface area contributed by atoms with Crippen LogP contribution in [0.1, 0.15) is 64.2 Å². The molecule has 61 heavy (non-hydrogen) atoms. The van der Waals surface area contributed by atoms with Gasteiger partial charge in [-0.15, -0.1) is 22.7 Å². The Kier molecular flexibility index (Phi) is 13.9. The van der Waals surface area contributed by atoms with E-state index in [1.807, 2.05) is 58.3 Å². The summed E-state index contributed by atoms with van der Waals surface area (Å²) in [5.74, 6) is -1.89. The highest BCUT2D eigenvalue weighted by molar-refractivity contribution is 7.14. The summed E-state index contributed by atoms with van der Waals surface area (Å²) >= 11 is 3.21. The first-order valence-electron chi connectivity index (χ1n) is 19.5. The zero-order valence-electron chi connectivity index (χ0n) is 34.0. The van der Waals surface area contributed by atoms with Crippen molar-refractivity contribution in [2.45, 2.75) is 26.9 Å². The molecule has 0 aliphatic carbocycles. The first-order valence-corrected chi connectivity index (χ1v) is 21.3. The summed E-state index contributed by atoms with van der Waals surface area (Å²) in [6.07, 6.45) is 3.87. The van der Waals surface area contributed by atoms with Gasteiger partial charge in [-0.25, -0.2) is 19.6 Å². The molecule has 0 unspecified atom stereocenters. The summed E-state index contributed by atoms with van der Waals surface area (Å²) in [5.41, 5.74) is 6.61. The van der Waals surface area contributed by atoms with E-state index in [0.717, 1.165) is 72.2 Å². The van der Waals surface area contributed by atoms with Crippen molar-refractivity contribution in [1.29, 1.82) is 0 Å². The monoisotopic (exact) mass is 866 g/mol. The highest BCUT2D eigenvalue weighted by atomic mass is 32.1. The number of hydrogen-bond donors (Lipinski definition) is 3. The number of aromatic nitrogens is 4. The van der Waals surface area contributed by atoms with Crippen molar-refractivity contribution in [2.75, 3.05) is 80.1 Å². The quantitative estimate of drug-likeness (QED) is 0.118. The van der Waals surface area contributed by atoms with Gasteiger partial charge in [0.05, 0.1) is 69.1 Å². The summed E-state index contributed by atoms with van der Waals surface area (Å²) in [6.45, 7) is 11.1. The van der Waals surface area contributed by atoms with E-state index in [1.165, 1.54) is 19.2 Å². The Balaban J connectivity index is 0.000000184. The van der Waals surface area contributed by atoms with Crippen LogP contribution in [0.5, 0.6) is 0 Å². The number of hydrogen-bond acceptors (Lipinski definition) is 13. The second kappa shape index (κ2) is 19.8. The van der Waals surface area contributed by atoms with E-state index in [9.17, 15) is 19.2 Å². The average molecular weight is 867 g/mol. The number of amides is 2. The Morgan fingerprint density at radius 1 is 0.672 bits per heavy atom. The number of morpholine rings is 2. The molecule has 318 valence electrons. The standard InChI is InChI=1S/C22H24N4O4S.C21H22N4O4S/c1-15-11-19(20(27)23-17-5-3-16(4-6-17)21(28)29-2)26(12-15)13-18-14-31-22(24-18)25-7-9-30-10-8-25;1-14-10-18(19(26)22-16-4-2-15(3-5-16)20(27)28)25(11-14)12-17-13-30-21(23-17)24-6-8-29-9-7-24/h3-6,11-12,14H,7-10,13H2,1-2H3,(H,23,27);2-5,10-11,13H,6-9,12H2,1H3,(H,22,26)(H,27,28). The maximum Gasteiger partial charge on any atom is 0.337 e. The number of carbonyl (C=O) groups excluding carboxylic acids is 3. The van der Waals surface area contributed by atoms with Crippen molar-refractivity contribution in [2.24, 2.45) is 0 Å². The number of carboxylic acids is 1. The zero-order chi connectivity index (χ0) is 42.9. The van der Waals surface area contributed by atoms with Crippen LogP contribution in [0.4, 0.5) is 21.6 Å². The van der Waals surface area contributed by atoms with Crippen LogP contribution >= 0.6 is 22.7 Å². The number of anilines is 4. The topological polar surface area (TPSA) is 182 Å². The average Bonchev–Trinajstić information content (AvgIpc) is 4.10. The maximum atomic E-state index is 12.9. The number of aromatic carboxylic acids is 1. The molecule has 8 rings (SSSR count). The number of methoxy groups -OCH3 is 1. The third-order valence-electron chi connectivity index (χ3n) is 9.79. The molecule has 4 aromatic heterocycles. The van der Waals surface area contributed by atoms with Gasteiger partial charge in [-0.2, -0.15) is 0 Å². The zero-order valence-corrected chi connectivity index (χ0v) is 35.6. The number of carbonyl (C=O) groups is 4. The third kappa shape index (κ3) is 11.1. The highest BCUT2D eigenvalue weighted by Crippen LogP contribution is 2.25. The molecule has 0 radical (unpaired) electrons. The first-order chi connectivity index (χ1) is 29.5. The molecule has 6 heterocycles. The van der Waals surface area contributed by atoms with Crippen LogP contribution in [0.3, 0.4) is 0 Å². The molecule has 0 atom stereocenters. The molecule has 2 aliphatic heterocycles. The second-order valence-electron chi connectivity index (χ2n) is 14.4. The molecule has 0 bridgehead atoms. The molecule has 6 aromatic rings. The van der Waals surface area contributed by atoms with Crippen LogP contribution in [0.15, 0.2) is 83.8 Å². The number of esters is 1. The minimum atomic E-state index is -1.00. The van der Waals surface area contributed by atoms with E-state index >= 15 is 0 Å². The van der Waals surface area contributed by atoms with Gasteiger partial charge in [0.2, 0.25) is 0 Å². The number of nitrogens with one attached hydrogen (secondary N) is 2. The predicted octanol–water partition coefficient (Wildman–Crippen LogP) is 6.27. The normalized spacial score (nSPS) is 13.9. The van der Waals surface area contributed by atoms with E-state index in [4.69, 9.17) is 29.3 Å². The van der Waals surface area contributed by atoms with Gasteiger partial charge >= 0.3 is 11.9 Å². The highest BCUT2D eigenvalue weighted by Gasteiger charge is 2.20. The minimum Gasteiger partial charge on any atom is -0.478 e. The molecule has 3 N–H and O–H groups in total. The minimum absolute atomic E-state index is 0.173. The van der Waals surface area contributed by atoms with Crippen molar-refractivity contribution in [1.82, 2.24) is 19.1 Å². The van der Waals surface area contributed by atoms with Crippen LogP contribution in [-0.2, 0) is 27.3 Å². The Hall–Kier alpha value is -6.34. The summed E-state index contributed by atoms with van der Waals surface area (Å²) in [6, 6.07) is 16.4. The number of rotatable bonds is 12. The van der Waals surface area contributed by atoms with E-state index in [0.29, 0.717) is 54.6 Å². The van der Waals surface area contributed by atoms with Crippen molar-refractivity contribution in [3.63, 3.8) is 0 Å². The fourth-order valence-corrected chi connectivity index (χ4v) is 8.48. The van der Waals surface area contributed by atoms with Gasteiger partial charge in [-0.05, 0) is 85.6 Å². The third-order valence-corrected chi connectivity index (χ3v) is 11.7. The lowest BCUT2D eigenvalue weighted by atomic mass is 10.2. The van der Waals surface area contributed by atoms with E-state index < -0.39 is 11.9 Å². The van der Waals surface area contributed by atoms with Crippen LogP contribution in [0.25, 0.3) is 0 Å². The number of benzene rings is 2. The lowest BCUT2D eigenvalue weighted by Crippen LogP contribution is -2.36. The smallest absolute Gasteiger partial charge is 0.337 e. The van der Waals surface area contributed by atoms with E-state index in [1.54, 1.807) is 59.1 Å². The van der Waals surface area contributed by atoms with Crippen molar-refractivity contribution < 1.29 is 38.5 Å². The number of aryl methyl sites for hydroxylation is 2. The van der Waals surface area contributed by atoms with Crippen LogP contribution < -0.4 is 20.4 Å². The maximum absolute atomic E-state index is 12.9. The lowest BCUT2D eigenvalue weighted by Gasteiger charge is -2.26. The summed E-state index contributed by atoms with van der Waals surface area (Å²) < 4.78 is 19.3. The summed E-state index contributed by atoms with van der Waals surface area (Å²) in [7, 11) is 1.33. The number of carboxylic acid groups (broad SMARTS) is 1. The van der Waals surface area contributed by atoms with Crippen LogP contribution in [-0.4, -0.2) is 108 Å². The van der Waals surface area contributed by atoms with Crippen LogP contribution in [0, 0.1) is 13.8 Å². The van der Waals surface area contributed by atoms with Crippen molar-refractivity contribution in [3.05, 3.63) is 129 Å². The Labute approximate surface area is 360 Å². The van der Waals surface area contributed by atoms with Gasteiger partial charge in [0.25, 0.3) is 11.8 Å². The van der Waals surface area contributed by atoms with Crippen molar-refractivity contribution >= 4 is 68.1 Å². The van der Waals surface area contributed by atoms with Gasteiger partial charge in [-0.1, -0.05) is 0 Å². The molecule has 0 spiro atoms. The lowest BCUT2D eigenvalue weighted by molar-refractivity contribution is 0.0599. The van der Waals surface area contributed by atoms with E-state index in [-0.39, 0.29) is 17.4 Å². The van der Waals surface area contributed by atoms with E-state index in [2.05, 4.69) is 20.4 Å². The molecule has 2 fully saturated rings. The number of thiazole rings is 2. The molecule has 16 nitrogen and oxygen atoms in total. The molecule has 2 saturated heterocycles. The van der Waals surface area contributed by atoms with Gasteiger partial charge < -0.3 is 48.9 Å². The van der Waals surface area contributed by atoms with Gasteiger partial charge in [0.1, 0.15) is 11.4 Å². The number of ether oxygens (including phenoxy) is 3. The van der Waals surface area contributed by atoms with Gasteiger partial charge in [-0.3, -0.25) is 9.59 Å². The summed E-state index contributed by atoms with van der Waals surface area (Å²) in [5, 5.41) is 20.7. The Morgan fingerprint density at radius 3 is 1.48 bits per heavy atom. The second-order valence-corrected chi connectivity index (χ2v) is 16.0. The Bertz CT molecular complexity index is 2460. The van der Waals surface area contributed by atoms with Crippen LogP contribution in [0.2, 0.25) is 0 Å². The molecule has 18 heteroatoms. The molecular formula is C43H46N8O8S2. The molecule has 2 aromatic carbocycles. The van der Waals surface area contributed by atoms with Crippen molar-refractivity contribution in [3.8, 4) is 0 Å². The van der Waals surface area contributed by atoms with Gasteiger partial charge in [0.15, 0.2) is 10.3 Å². The number of nitrogens with zero attached hydrogens (tertiary/aromatic N) is 6. The summed E-state index contributed by atoms with van der Waals surface area (Å²) in [4.78, 5) is 62.2. The fraction of sp³-hybridized carbons (Fsp3) is 0.302. The van der Waals surface area contributed by atoms with Gasteiger partial charge in [0, 0.05) is 60.7 Å². The largest absolute Gasteiger partial charge is 0.478 e. The molecule has 2 aliphatic rings. The first kappa shape index (κ1) is 42.8. The molecule has 2 amide bonds.